The van der Waals surface area contributed by atoms with Crippen molar-refractivity contribution in [2.24, 2.45) is 0 Å². The Labute approximate surface area is 127 Å². The van der Waals surface area contributed by atoms with Gasteiger partial charge in [-0.15, -0.1) is 0 Å². The molecule has 0 radical (unpaired) electrons. The Morgan fingerprint density at radius 2 is 1.67 bits per heavy atom. The van der Waals surface area contributed by atoms with E-state index in [4.69, 9.17) is 4.74 Å². The maximum Gasteiger partial charge on any atom is 0.120 e. The topological polar surface area (TPSA) is 21.3 Å². The zero-order valence-corrected chi connectivity index (χ0v) is 12.9. The van der Waals surface area contributed by atoms with Crippen molar-refractivity contribution in [1.29, 1.82) is 0 Å². The molecule has 2 heteroatoms. The van der Waals surface area contributed by atoms with Crippen LogP contribution in [-0.4, -0.2) is 6.04 Å². The smallest absolute Gasteiger partial charge is 0.120 e. The first-order valence-corrected chi connectivity index (χ1v) is 7.72. The molecule has 0 bridgehead atoms. The minimum atomic E-state index is 0.630. The number of ether oxygens (including phenoxy) is 1. The van der Waals surface area contributed by atoms with Gasteiger partial charge in [0.05, 0.1) is 0 Å². The van der Waals surface area contributed by atoms with Crippen LogP contribution in [0.1, 0.15) is 35.1 Å². The Morgan fingerprint density at radius 3 is 2.33 bits per heavy atom. The molecule has 0 spiro atoms. The van der Waals surface area contributed by atoms with Gasteiger partial charge in [-0.25, -0.2) is 0 Å². The van der Waals surface area contributed by atoms with Crippen molar-refractivity contribution in [2.45, 2.75) is 45.9 Å². The average Bonchev–Trinajstić information content (AvgIpc) is 3.27. The van der Waals surface area contributed by atoms with Crippen molar-refractivity contribution in [3.8, 4) is 5.75 Å². The molecule has 0 heterocycles. The van der Waals surface area contributed by atoms with Crippen LogP contribution in [0.25, 0.3) is 0 Å². The summed E-state index contributed by atoms with van der Waals surface area (Å²) < 4.78 is 5.99. The van der Waals surface area contributed by atoms with Crippen molar-refractivity contribution >= 4 is 0 Å². The molecule has 1 aliphatic rings. The first-order valence-electron chi connectivity index (χ1n) is 7.72. The molecule has 3 rings (SSSR count). The van der Waals surface area contributed by atoms with Gasteiger partial charge >= 0.3 is 0 Å². The summed E-state index contributed by atoms with van der Waals surface area (Å²) in [5.41, 5.74) is 5.10. The second-order valence-electron chi connectivity index (χ2n) is 6.04. The third-order valence-corrected chi connectivity index (χ3v) is 3.87. The summed E-state index contributed by atoms with van der Waals surface area (Å²) in [4.78, 5) is 0. The molecule has 0 atom stereocenters. The fraction of sp³-hybridized carbons (Fsp3) is 0.368. The summed E-state index contributed by atoms with van der Waals surface area (Å²) in [6, 6.07) is 15.6. The van der Waals surface area contributed by atoms with Crippen molar-refractivity contribution in [2.75, 3.05) is 0 Å². The lowest BCUT2D eigenvalue weighted by Crippen LogP contribution is -2.16. The molecule has 0 aliphatic heterocycles. The summed E-state index contributed by atoms with van der Waals surface area (Å²) in [5, 5.41) is 3.57. The molecular formula is C19H23NO. The van der Waals surface area contributed by atoms with Crippen molar-refractivity contribution < 1.29 is 4.74 Å². The number of aryl methyl sites for hydroxylation is 2. The molecule has 0 aromatic heterocycles. The third-order valence-electron chi connectivity index (χ3n) is 3.87. The summed E-state index contributed by atoms with van der Waals surface area (Å²) in [6.45, 7) is 5.78. The Morgan fingerprint density at radius 1 is 1.00 bits per heavy atom. The highest BCUT2D eigenvalue weighted by Gasteiger charge is 2.20. The predicted octanol–water partition coefficient (Wildman–Crippen LogP) is 4.13. The number of rotatable bonds is 6. The zero-order chi connectivity index (χ0) is 14.7. The van der Waals surface area contributed by atoms with Crippen molar-refractivity contribution in [3.05, 3.63) is 64.7 Å². The van der Waals surface area contributed by atoms with E-state index in [9.17, 15) is 0 Å². The van der Waals surface area contributed by atoms with E-state index in [1.165, 1.54) is 35.1 Å². The van der Waals surface area contributed by atoms with Gasteiger partial charge in [0.2, 0.25) is 0 Å². The lowest BCUT2D eigenvalue weighted by molar-refractivity contribution is 0.304. The average molecular weight is 281 g/mol. The molecule has 1 saturated carbocycles. The van der Waals surface area contributed by atoms with Crippen LogP contribution in [0.5, 0.6) is 5.75 Å². The van der Waals surface area contributed by atoms with E-state index in [1.807, 2.05) is 0 Å². The molecule has 1 aliphatic carbocycles. The molecule has 0 amide bonds. The highest BCUT2D eigenvalue weighted by Crippen LogP contribution is 2.21. The molecule has 2 nitrogen and oxygen atoms in total. The maximum atomic E-state index is 5.99. The Hall–Kier alpha value is -1.80. The van der Waals surface area contributed by atoms with Gasteiger partial charge in [-0.1, -0.05) is 30.3 Å². The van der Waals surface area contributed by atoms with Crippen LogP contribution in [-0.2, 0) is 13.2 Å². The van der Waals surface area contributed by atoms with Gasteiger partial charge < -0.3 is 10.1 Å². The van der Waals surface area contributed by atoms with E-state index in [1.54, 1.807) is 0 Å². The van der Waals surface area contributed by atoms with Gasteiger partial charge in [0, 0.05) is 12.6 Å². The van der Waals surface area contributed by atoms with Gasteiger partial charge in [-0.3, -0.25) is 0 Å². The van der Waals surface area contributed by atoms with Crippen LogP contribution in [0.2, 0.25) is 0 Å². The molecule has 0 unspecified atom stereocenters. The Balaban J connectivity index is 1.66. The normalized spacial score (nSPS) is 14.2. The molecule has 2 aromatic rings. The molecular weight excluding hydrogens is 258 g/mol. The van der Waals surface area contributed by atoms with Crippen LogP contribution < -0.4 is 10.1 Å². The number of hydrogen-bond acceptors (Lipinski definition) is 2. The highest BCUT2D eigenvalue weighted by molar-refractivity contribution is 5.34. The second-order valence-corrected chi connectivity index (χ2v) is 6.04. The first-order chi connectivity index (χ1) is 10.2. The second kappa shape index (κ2) is 6.31. The van der Waals surface area contributed by atoms with Crippen LogP contribution in [0.3, 0.4) is 0 Å². The molecule has 1 fully saturated rings. The number of nitrogens with one attached hydrogen (secondary N) is 1. The molecule has 21 heavy (non-hydrogen) atoms. The molecule has 2 aromatic carbocycles. The quantitative estimate of drug-likeness (QED) is 0.859. The van der Waals surface area contributed by atoms with Crippen LogP contribution in [0, 0.1) is 13.8 Å². The first kappa shape index (κ1) is 14.2. The lowest BCUT2D eigenvalue weighted by atomic mass is 10.1. The summed E-state index contributed by atoms with van der Waals surface area (Å²) >= 11 is 0. The fourth-order valence-corrected chi connectivity index (χ4v) is 2.59. The third kappa shape index (κ3) is 4.08. The van der Waals surface area contributed by atoms with E-state index in [0.29, 0.717) is 6.61 Å². The van der Waals surface area contributed by atoms with E-state index in [-0.39, 0.29) is 0 Å². The molecule has 110 valence electrons. The minimum Gasteiger partial charge on any atom is -0.489 e. The fourth-order valence-electron chi connectivity index (χ4n) is 2.59. The number of hydrogen-bond donors (Lipinski definition) is 1. The van der Waals surface area contributed by atoms with Crippen LogP contribution in [0.15, 0.2) is 42.5 Å². The van der Waals surface area contributed by atoms with E-state index >= 15 is 0 Å². The van der Waals surface area contributed by atoms with Crippen molar-refractivity contribution in [3.63, 3.8) is 0 Å². The van der Waals surface area contributed by atoms with Crippen molar-refractivity contribution in [1.82, 2.24) is 5.32 Å². The Kier molecular flexibility index (Phi) is 4.26. The largest absolute Gasteiger partial charge is 0.489 e. The van der Waals surface area contributed by atoms with Gasteiger partial charge in [0.1, 0.15) is 12.4 Å². The van der Waals surface area contributed by atoms with E-state index in [0.717, 1.165) is 18.3 Å². The standard InChI is InChI=1S/C19H23NO/c1-14-9-15(2)11-19(10-14)21-13-17-6-4-3-5-16(17)12-20-18-7-8-18/h3-6,9-11,18,20H,7-8,12-13H2,1-2H3. The predicted molar refractivity (Wildman–Crippen MR) is 86.6 cm³/mol. The summed E-state index contributed by atoms with van der Waals surface area (Å²) in [6.07, 6.45) is 2.64. The highest BCUT2D eigenvalue weighted by atomic mass is 16.5. The van der Waals surface area contributed by atoms with Crippen LogP contribution in [0.4, 0.5) is 0 Å². The lowest BCUT2D eigenvalue weighted by Gasteiger charge is -2.12. The SMILES string of the molecule is Cc1cc(C)cc(OCc2ccccc2CNC2CC2)c1. The van der Waals surface area contributed by atoms with Gasteiger partial charge in [-0.2, -0.15) is 0 Å². The summed E-state index contributed by atoms with van der Waals surface area (Å²) in [7, 11) is 0. The van der Waals surface area contributed by atoms with E-state index in [2.05, 4.69) is 61.6 Å². The molecule has 1 N–H and O–H groups in total. The van der Waals surface area contributed by atoms with Gasteiger partial charge in [0.15, 0.2) is 0 Å². The van der Waals surface area contributed by atoms with E-state index < -0.39 is 0 Å². The summed E-state index contributed by atoms with van der Waals surface area (Å²) in [5.74, 6) is 0.956. The van der Waals surface area contributed by atoms with Gasteiger partial charge in [0.25, 0.3) is 0 Å². The molecule has 0 saturated heterocycles. The monoisotopic (exact) mass is 281 g/mol. The zero-order valence-electron chi connectivity index (χ0n) is 12.9. The van der Waals surface area contributed by atoms with Gasteiger partial charge in [-0.05, 0) is 61.1 Å². The number of benzene rings is 2. The maximum absolute atomic E-state index is 5.99. The Bertz CT molecular complexity index is 596. The van der Waals surface area contributed by atoms with Crippen LogP contribution >= 0.6 is 0 Å². The minimum absolute atomic E-state index is 0.630.